The number of aromatic amines is 1. The zero-order valence-electron chi connectivity index (χ0n) is 16.3. The van der Waals surface area contributed by atoms with Crippen LogP contribution in [0.3, 0.4) is 0 Å². The second-order valence-corrected chi connectivity index (χ2v) is 9.81. The molecule has 2 unspecified atom stereocenters. The summed E-state index contributed by atoms with van der Waals surface area (Å²) in [7, 11) is 0. The molecule has 0 radical (unpaired) electrons. The van der Waals surface area contributed by atoms with Crippen molar-refractivity contribution in [1.29, 1.82) is 0 Å². The highest BCUT2D eigenvalue weighted by atomic mass is 32.1. The quantitative estimate of drug-likeness (QED) is 0.530. The van der Waals surface area contributed by atoms with Gasteiger partial charge in [0.25, 0.3) is 0 Å². The van der Waals surface area contributed by atoms with E-state index in [2.05, 4.69) is 37.9 Å². The Balaban J connectivity index is 1.35. The van der Waals surface area contributed by atoms with Crippen molar-refractivity contribution in [1.82, 2.24) is 25.0 Å². The predicted molar refractivity (Wildman–Crippen MR) is 121 cm³/mol. The van der Waals surface area contributed by atoms with Crippen molar-refractivity contribution in [2.24, 2.45) is 5.92 Å². The van der Waals surface area contributed by atoms with Crippen LogP contribution in [0, 0.1) is 10.7 Å². The van der Waals surface area contributed by atoms with Gasteiger partial charge in [0.2, 0.25) is 5.91 Å². The van der Waals surface area contributed by atoms with Crippen LogP contribution in [0.25, 0.3) is 10.7 Å². The Morgan fingerprint density at radius 2 is 2.21 bits per heavy atom. The Hall–Kier alpha value is -1.81. The molecule has 1 aliphatic heterocycles. The van der Waals surface area contributed by atoms with Gasteiger partial charge in [0.05, 0.1) is 4.88 Å². The van der Waals surface area contributed by atoms with E-state index >= 15 is 0 Å². The largest absolute Gasteiger partial charge is 0.354 e. The molecule has 1 saturated heterocycles. The van der Waals surface area contributed by atoms with E-state index in [0.717, 1.165) is 30.9 Å². The van der Waals surface area contributed by atoms with E-state index < -0.39 is 6.04 Å². The number of carbonyl (C=O) groups is 1. The Morgan fingerprint density at radius 1 is 1.38 bits per heavy atom. The second kappa shape index (κ2) is 9.34. The maximum absolute atomic E-state index is 12.9. The van der Waals surface area contributed by atoms with E-state index in [4.69, 9.17) is 12.2 Å². The third-order valence-corrected chi connectivity index (χ3v) is 7.36. The minimum absolute atomic E-state index is 0.0179. The molecule has 0 aliphatic carbocycles. The van der Waals surface area contributed by atoms with Crippen LogP contribution < -0.4 is 5.32 Å². The zero-order valence-corrected chi connectivity index (χ0v) is 18.8. The number of thiophene rings is 2. The Kier molecular flexibility index (Phi) is 6.59. The number of nitrogens with zero attached hydrogens (tertiary/aromatic N) is 3. The van der Waals surface area contributed by atoms with Crippen LogP contribution in [0.1, 0.15) is 30.7 Å². The van der Waals surface area contributed by atoms with Crippen molar-refractivity contribution >= 4 is 40.8 Å². The Morgan fingerprint density at radius 3 is 2.97 bits per heavy atom. The van der Waals surface area contributed by atoms with Gasteiger partial charge >= 0.3 is 0 Å². The molecule has 0 aromatic carbocycles. The zero-order chi connectivity index (χ0) is 20.2. The van der Waals surface area contributed by atoms with E-state index in [1.54, 1.807) is 15.9 Å². The normalized spacial score (nSPS) is 18.6. The summed E-state index contributed by atoms with van der Waals surface area (Å²) in [6.07, 6.45) is 2.33. The highest BCUT2D eigenvalue weighted by Crippen LogP contribution is 2.26. The third-order valence-electron chi connectivity index (χ3n) is 5.34. The van der Waals surface area contributed by atoms with E-state index in [0.29, 0.717) is 23.1 Å². The lowest BCUT2D eigenvalue weighted by Crippen LogP contribution is -2.41. The molecule has 0 spiro atoms. The SMILES string of the molecule is CC(C(=O)NCC1CCCN(Cc2cccs2)C1)n1c(-c2cccs2)n[nH]c1=S. The molecule has 4 heterocycles. The highest BCUT2D eigenvalue weighted by Gasteiger charge is 2.24. The summed E-state index contributed by atoms with van der Waals surface area (Å²) in [5, 5.41) is 14.4. The number of amides is 1. The minimum Gasteiger partial charge on any atom is -0.354 e. The van der Waals surface area contributed by atoms with Gasteiger partial charge in [-0.25, -0.2) is 0 Å². The van der Waals surface area contributed by atoms with Gasteiger partial charge in [-0.05, 0) is 67.3 Å². The van der Waals surface area contributed by atoms with Gasteiger partial charge < -0.3 is 5.32 Å². The van der Waals surface area contributed by atoms with Gasteiger partial charge in [-0.15, -0.1) is 22.7 Å². The molecule has 29 heavy (non-hydrogen) atoms. The lowest BCUT2D eigenvalue weighted by molar-refractivity contribution is -0.124. The van der Waals surface area contributed by atoms with Gasteiger partial charge in [0.1, 0.15) is 6.04 Å². The molecule has 3 aromatic rings. The molecule has 1 fully saturated rings. The standard InChI is InChI=1S/C20H25N5OS3/c1-14(25-18(22-23-20(25)27)17-7-4-10-29-17)19(26)21-11-15-5-2-8-24(12-15)13-16-6-3-9-28-16/h3-4,6-7,9-10,14-15H,2,5,8,11-13H2,1H3,(H,21,26)(H,23,27). The third kappa shape index (κ3) is 4.85. The fourth-order valence-electron chi connectivity index (χ4n) is 3.84. The summed E-state index contributed by atoms with van der Waals surface area (Å²) in [4.78, 5) is 17.8. The molecule has 0 bridgehead atoms. The van der Waals surface area contributed by atoms with Crippen LogP contribution in [0.5, 0.6) is 0 Å². The highest BCUT2D eigenvalue weighted by molar-refractivity contribution is 7.71. The number of rotatable bonds is 7. The Bertz CT molecular complexity index is 976. The molecule has 0 saturated carbocycles. The first kappa shape index (κ1) is 20.5. The van der Waals surface area contributed by atoms with Gasteiger partial charge in [-0.1, -0.05) is 12.1 Å². The molecule has 4 rings (SSSR count). The van der Waals surface area contributed by atoms with Crippen LogP contribution in [0.15, 0.2) is 35.0 Å². The summed E-state index contributed by atoms with van der Waals surface area (Å²) in [6.45, 7) is 5.74. The number of carbonyl (C=O) groups excluding carboxylic acids is 1. The number of nitrogens with one attached hydrogen (secondary N) is 2. The molecular weight excluding hydrogens is 422 g/mol. The molecule has 1 amide bonds. The number of H-pyrrole nitrogens is 1. The molecule has 6 nitrogen and oxygen atoms in total. The smallest absolute Gasteiger partial charge is 0.242 e. The van der Waals surface area contributed by atoms with Crippen molar-refractivity contribution in [3.63, 3.8) is 0 Å². The monoisotopic (exact) mass is 447 g/mol. The number of piperidine rings is 1. The van der Waals surface area contributed by atoms with Crippen molar-refractivity contribution in [2.45, 2.75) is 32.4 Å². The lowest BCUT2D eigenvalue weighted by atomic mass is 9.98. The maximum Gasteiger partial charge on any atom is 0.242 e. The summed E-state index contributed by atoms with van der Waals surface area (Å²) >= 11 is 8.78. The fraction of sp³-hybridized carbons (Fsp3) is 0.450. The fourth-order valence-corrected chi connectivity index (χ4v) is 5.58. The van der Waals surface area contributed by atoms with Gasteiger partial charge in [0, 0.05) is 24.5 Å². The number of aromatic nitrogens is 3. The van der Waals surface area contributed by atoms with Crippen LogP contribution in [-0.2, 0) is 11.3 Å². The van der Waals surface area contributed by atoms with Gasteiger partial charge in [-0.3, -0.25) is 19.4 Å². The summed E-state index contributed by atoms with van der Waals surface area (Å²) < 4.78 is 2.27. The molecule has 9 heteroatoms. The first-order valence-corrected chi connectivity index (χ1v) is 12.0. The van der Waals surface area contributed by atoms with Crippen LogP contribution in [0.4, 0.5) is 0 Å². The molecule has 154 valence electrons. The maximum atomic E-state index is 12.9. The number of hydrogen-bond acceptors (Lipinski definition) is 6. The lowest BCUT2D eigenvalue weighted by Gasteiger charge is -2.32. The average Bonchev–Trinajstić information content (AvgIpc) is 3.48. The molecule has 2 atom stereocenters. The van der Waals surface area contributed by atoms with E-state index in [1.807, 2.05) is 35.8 Å². The molecule has 2 N–H and O–H groups in total. The van der Waals surface area contributed by atoms with Crippen molar-refractivity contribution in [2.75, 3.05) is 19.6 Å². The predicted octanol–water partition coefficient (Wildman–Crippen LogP) is 4.32. The van der Waals surface area contributed by atoms with Crippen LogP contribution in [-0.4, -0.2) is 45.2 Å². The number of hydrogen-bond donors (Lipinski definition) is 2. The summed E-state index contributed by atoms with van der Waals surface area (Å²) in [5.74, 6) is 1.18. The van der Waals surface area contributed by atoms with Gasteiger partial charge in [-0.2, -0.15) is 5.10 Å². The van der Waals surface area contributed by atoms with Crippen molar-refractivity contribution in [3.8, 4) is 10.7 Å². The van der Waals surface area contributed by atoms with Crippen LogP contribution in [0.2, 0.25) is 0 Å². The van der Waals surface area contributed by atoms with Gasteiger partial charge in [0.15, 0.2) is 10.6 Å². The minimum atomic E-state index is -0.413. The Labute approximate surface area is 183 Å². The molecule has 3 aromatic heterocycles. The molecular formula is C20H25N5OS3. The van der Waals surface area contributed by atoms with Crippen LogP contribution >= 0.6 is 34.9 Å². The summed E-state index contributed by atoms with van der Waals surface area (Å²) in [5.41, 5.74) is 0. The first-order valence-electron chi connectivity index (χ1n) is 9.85. The van der Waals surface area contributed by atoms with E-state index in [9.17, 15) is 4.79 Å². The second-order valence-electron chi connectivity index (χ2n) is 7.44. The average molecular weight is 448 g/mol. The topological polar surface area (TPSA) is 66.0 Å². The van der Waals surface area contributed by atoms with E-state index in [-0.39, 0.29) is 5.91 Å². The van der Waals surface area contributed by atoms with Crippen molar-refractivity contribution in [3.05, 3.63) is 44.7 Å². The number of likely N-dealkylation sites (tertiary alicyclic amines) is 1. The van der Waals surface area contributed by atoms with Crippen molar-refractivity contribution < 1.29 is 4.79 Å². The molecule has 1 aliphatic rings. The first-order chi connectivity index (χ1) is 14.1. The van der Waals surface area contributed by atoms with E-state index in [1.165, 1.54) is 11.3 Å². The summed E-state index contributed by atoms with van der Waals surface area (Å²) in [6, 6.07) is 7.84.